The van der Waals surface area contributed by atoms with E-state index in [0.717, 1.165) is 0 Å². The Morgan fingerprint density at radius 3 is 2.05 bits per heavy atom. The van der Waals surface area contributed by atoms with Gasteiger partial charge < -0.3 is 14.8 Å². The number of methoxy groups -OCH3 is 1. The highest BCUT2D eigenvalue weighted by Crippen LogP contribution is 2.26. The summed E-state index contributed by atoms with van der Waals surface area (Å²) in [4.78, 5) is 23.8. The smallest absolute Gasteiger partial charge is 0.408 e. The average Bonchev–Trinajstić information content (AvgIpc) is 2.78. The fourth-order valence-corrected chi connectivity index (χ4v) is 1.81. The lowest BCUT2D eigenvalue weighted by Gasteiger charge is -2.32. The van der Waals surface area contributed by atoms with Gasteiger partial charge >= 0.3 is 12.1 Å². The normalized spacial score (nSPS) is 17.9. The van der Waals surface area contributed by atoms with Crippen LogP contribution in [0.4, 0.5) is 4.79 Å². The monoisotopic (exact) mass is 267 g/mol. The van der Waals surface area contributed by atoms with Gasteiger partial charge in [-0.15, -0.1) is 0 Å². The van der Waals surface area contributed by atoms with Crippen molar-refractivity contribution in [1.29, 1.82) is 0 Å². The maximum absolute atomic E-state index is 12.0. The van der Waals surface area contributed by atoms with Gasteiger partial charge in [0.25, 0.3) is 0 Å². The van der Waals surface area contributed by atoms with E-state index in [4.69, 9.17) is 9.47 Å². The van der Waals surface area contributed by atoms with E-state index in [1.807, 2.05) is 24.3 Å². The summed E-state index contributed by atoms with van der Waals surface area (Å²) in [6, 6.07) is 0. The number of hydrogen-bond donors (Lipinski definition) is 1. The molecule has 1 N–H and O–H groups in total. The minimum atomic E-state index is -1.18. The van der Waals surface area contributed by atoms with Crippen LogP contribution in [0, 0.1) is 5.92 Å². The van der Waals surface area contributed by atoms with Gasteiger partial charge in [-0.1, -0.05) is 24.3 Å². The molecule has 0 aromatic carbocycles. The van der Waals surface area contributed by atoms with Gasteiger partial charge in [0.05, 0.1) is 7.11 Å². The number of ether oxygens (including phenoxy) is 2. The van der Waals surface area contributed by atoms with Crippen molar-refractivity contribution in [2.24, 2.45) is 5.92 Å². The van der Waals surface area contributed by atoms with Gasteiger partial charge in [0.2, 0.25) is 0 Å². The van der Waals surface area contributed by atoms with Crippen LogP contribution >= 0.6 is 0 Å². The van der Waals surface area contributed by atoms with Crippen LogP contribution in [0.25, 0.3) is 0 Å². The summed E-state index contributed by atoms with van der Waals surface area (Å²) in [5.41, 5.74) is -1.80. The Labute approximate surface area is 113 Å². The van der Waals surface area contributed by atoms with Crippen molar-refractivity contribution in [3.63, 3.8) is 0 Å². The number of nitrogens with one attached hydrogen (secondary N) is 1. The summed E-state index contributed by atoms with van der Waals surface area (Å²) in [6.07, 6.45) is 6.66. The minimum Gasteiger partial charge on any atom is -0.467 e. The molecule has 0 fully saturated rings. The SMILES string of the molecule is COC(=O)[C@@](C)(NC(=O)OC(C)(C)C)C1C=CC=C1. The third-order valence-electron chi connectivity index (χ3n) is 2.78. The molecule has 1 aliphatic rings. The summed E-state index contributed by atoms with van der Waals surface area (Å²) >= 11 is 0. The third-order valence-corrected chi connectivity index (χ3v) is 2.78. The molecule has 1 rings (SSSR count). The summed E-state index contributed by atoms with van der Waals surface area (Å²) in [5, 5.41) is 2.60. The van der Waals surface area contributed by atoms with Gasteiger partial charge in [0.1, 0.15) is 11.1 Å². The summed E-state index contributed by atoms with van der Waals surface area (Å²) in [7, 11) is 1.29. The first-order valence-corrected chi connectivity index (χ1v) is 6.13. The molecule has 0 aromatic heterocycles. The molecule has 1 atom stereocenters. The molecule has 106 valence electrons. The van der Waals surface area contributed by atoms with Gasteiger partial charge in [-0.25, -0.2) is 9.59 Å². The molecule has 0 radical (unpaired) electrons. The topological polar surface area (TPSA) is 64.6 Å². The Hall–Kier alpha value is -1.78. The fraction of sp³-hybridized carbons (Fsp3) is 0.571. The van der Waals surface area contributed by atoms with Gasteiger partial charge in [-0.3, -0.25) is 0 Å². The van der Waals surface area contributed by atoms with Crippen LogP contribution in [0.15, 0.2) is 24.3 Å². The summed E-state index contributed by atoms with van der Waals surface area (Å²) in [6.45, 7) is 6.90. The number of esters is 1. The molecule has 0 saturated heterocycles. The predicted molar refractivity (Wildman–Crippen MR) is 71.6 cm³/mol. The molecule has 1 amide bonds. The third kappa shape index (κ3) is 3.84. The second-order valence-corrected chi connectivity index (χ2v) is 5.62. The Balaban J connectivity index is 2.87. The van der Waals surface area contributed by atoms with Crippen molar-refractivity contribution in [1.82, 2.24) is 5.32 Å². The van der Waals surface area contributed by atoms with Crippen molar-refractivity contribution < 1.29 is 19.1 Å². The lowest BCUT2D eigenvalue weighted by atomic mass is 9.86. The van der Waals surface area contributed by atoms with Gasteiger partial charge in [0, 0.05) is 5.92 Å². The number of allylic oxidation sites excluding steroid dienone is 2. The largest absolute Gasteiger partial charge is 0.467 e. The van der Waals surface area contributed by atoms with E-state index in [-0.39, 0.29) is 5.92 Å². The van der Waals surface area contributed by atoms with E-state index >= 15 is 0 Å². The molecule has 1 aliphatic carbocycles. The van der Waals surface area contributed by atoms with Crippen LogP contribution in [0.1, 0.15) is 27.7 Å². The highest BCUT2D eigenvalue weighted by molar-refractivity contribution is 5.86. The highest BCUT2D eigenvalue weighted by Gasteiger charge is 2.43. The number of hydrogen-bond acceptors (Lipinski definition) is 4. The zero-order valence-corrected chi connectivity index (χ0v) is 12.0. The van der Waals surface area contributed by atoms with Gasteiger partial charge in [0.15, 0.2) is 0 Å². The van der Waals surface area contributed by atoms with Crippen molar-refractivity contribution in [2.75, 3.05) is 7.11 Å². The highest BCUT2D eigenvalue weighted by atomic mass is 16.6. The zero-order chi connectivity index (χ0) is 14.7. The van der Waals surface area contributed by atoms with Crippen LogP contribution in [0.5, 0.6) is 0 Å². The molecule has 0 bridgehead atoms. The maximum atomic E-state index is 12.0. The molecule has 0 aromatic rings. The first kappa shape index (κ1) is 15.3. The average molecular weight is 267 g/mol. The lowest BCUT2D eigenvalue weighted by molar-refractivity contribution is -0.148. The molecule has 0 aliphatic heterocycles. The van der Waals surface area contributed by atoms with Crippen molar-refractivity contribution in [3.05, 3.63) is 24.3 Å². The molecule has 0 spiro atoms. The van der Waals surface area contributed by atoms with Crippen LogP contribution in [-0.4, -0.2) is 30.3 Å². The molecule has 0 saturated carbocycles. The summed E-state index contributed by atoms with van der Waals surface area (Å²) in [5.74, 6) is -0.771. The first-order valence-electron chi connectivity index (χ1n) is 6.13. The molecule has 5 nitrogen and oxygen atoms in total. The second kappa shape index (κ2) is 5.47. The molecular formula is C14H21NO4. The predicted octanol–water partition coefficient (Wildman–Crippen LogP) is 2.18. The molecular weight excluding hydrogens is 246 g/mol. The standard InChI is InChI=1S/C14H21NO4/c1-13(2,3)19-12(17)15-14(4,11(16)18-5)10-8-6-7-9-10/h6-10H,1-5H3,(H,15,17)/t14-/m0/s1. The van der Waals surface area contributed by atoms with Crippen molar-refractivity contribution in [3.8, 4) is 0 Å². The summed E-state index contributed by atoms with van der Waals surface area (Å²) < 4.78 is 9.96. The number of amides is 1. The first-order chi connectivity index (χ1) is 8.69. The maximum Gasteiger partial charge on any atom is 0.408 e. The quantitative estimate of drug-likeness (QED) is 0.796. The van der Waals surface area contributed by atoms with E-state index in [1.54, 1.807) is 27.7 Å². The minimum absolute atomic E-state index is 0.257. The number of carbonyl (C=O) groups excluding carboxylic acids is 2. The number of alkyl carbamates (subject to hydrolysis) is 1. The van der Waals surface area contributed by atoms with E-state index in [9.17, 15) is 9.59 Å². The second-order valence-electron chi connectivity index (χ2n) is 5.62. The lowest BCUT2D eigenvalue weighted by Crippen LogP contribution is -2.57. The Morgan fingerprint density at radius 1 is 1.11 bits per heavy atom. The Kier molecular flexibility index (Phi) is 4.39. The number of carbonyl (C=O) groups is 2. The molecule has 0 unspecified atom stereocenters. The van der Waals surface area contributed by atoms with Crippen LogP contribution in [0.3, 0.4) is 0 Å². The van der Waals surface area contributed by atoms with E-state index in [2.05, 4.69) is 5.32 Å². The van der Waals surface area contributed by atoms with E-state index < -0.39 is 23.2 Å². The van der Waals surface area contributed by atoms with Gasteiger partial charge in [-0.2, -0.15) is 0 Å². The van der Waals surface area contributed by atoms with Crippen LogP contribution in [-0.2, 0) is 14.3 Å². The fourth-order valence-electron chi connectivity index (χ4n) is 1.81. The van der Waals surface area contributed by atoms with Gasteiger partial charge in [-0.05, 0) is 27.7 Å². The van der Waals surface area contributed by atoms with Crippen molar-refractivity contribution in [2.45, 2.75) is 38.8 Å². The van der Waals surface area contributed by atoms with Crippen LogP contribution in [0.2, 0.25) is 0 Å². The number of rotatable bonds is 3. The zero-order valence-electron chi connectivity index (χ0n) is 12.0. The van der Waals surface area contributed by atoms with Crippen LogP contribution < -0.4 is 5.32 Å². The van der Waals surface area contributed by atoms with E-state index in [1.165, 1.54) is 7.11 Å². The van der Waals surface area contributed by atoms with Crippen molar-refractivity contribution >= 4 is 12.1 Å². The molecule has 0 heterocycles. The van der Waals surface area contributed by atoms with E-state index in [0.29, 0.717) is 0 Å². The molecule has 5 heteroatoms. The Bertz CT molecular complexity index is 408. The Morgan fingerprint density at radius 2 is 1.63 bits per heavy atom. The molecule has 19 heavy (non-hydrogen) atoms.